The minimum Gasteiger partial charge on any atom is -0.481 e. The van der Waals surface area contributed by atoms with E-state index in [0.717, 1.165) is 0 Å². The summed E-state index contributed by atoms with van der Waals surface area (Å²) in [5.41, 5.74) is 0. The van der Waals surface area contributed by atoms with Gasteiger partial charge in [-0.1, -0.05) is 0 Å². The summed E-state index contributed by atoms with van der Waals surface area (Å²) in [5, 5.41) is 17.6. The Labute approximate surface area is 47.9 Å². The summed E-state index contributed by atoms with van der Waals surface area (Å²) in [7, 11) is 0. The van der Waals surface area contributed by atoms with Crippen LogP contribution in [0.25, 0.3) is 0 Å². The molecular formula is C3H5NO4. The Balaban J connectivity index is 4.13. The van der Waals surface area contributed by atoms with E-state index in [1.54, 1.807) is 0 Å². The lowest BCUT2D eigenvalue weighted by molar-refractivity contribution is -0.478. The molecule has 5 heteroatoms. The second-order valence-electron chi connectivity index (χ2n) is 0.973. The summed E-state index contributed by atoms with van der Waals surface area (Å²) >= 11 is 0. The predicted octanol–water partition coefficient (Wildman–Crippen LogP) is -0.262. The summed E-state index contributed by atoms with van der Waals surface area (Å²) in [5.74, 6) is -1.82. The van der Waals surface area contributed by atoms with E-state index < -0.39 is 23.8 Å². The van der Waals surface area contributed by atoms with Crippen LogP contribution in [0.2, 0.25) is 0 Å². The Hall–Kier alpha value is -1.13. The maximum Gasteiger partial charge on any atom is 0.310 e. The minimum atomic E-state index is -2.76. The number of rotatable bonds is 3. The molecule has 46 valence electrons. The Morgan fingerprint density at radius 2 is 2.50 bits per heavy atom. The molecule has 5 nitrogen and oxygen atoms in total. The van der Waals surface area contributed by atoms with Crippen molar-refractivity contribution in [1.82, 2.24) is 0 Å². The van der Waals surface area contributed by atoms with Gasteiger partial charge in [0.25, 0.3) is 0 Å². The maximum absolute atomic E-state index is 9.88. The molecule has 1 N–H and O–H groups in total. The smallest absolute Gasteiger partial charge is 0.310 e. The van der Waals surface area contributed by atoms with Gasteiger partial charge in [0.15, 0.2) is 0 Å². The van der Waals surface area contributed by atoms with Crippen LogP contribution in [0, 0.1) is 10.1 Å². The minimum absolute atomic E-state index is 1.01. The average Bonchev–Trinajstić information content (AvgIpc) is 1.60. The van der Waals surface area contributed by atoms with Crippen LogP contribution in [0.4, 0.5) is 0 Å². The van der Waals surface area contributed by atoms with Crippen molar-refractivity contribution in [3.63, 3.8) is 0 Å². The van der Waals surface area contributed by atoms with Gasteiger partial charge in [-0.05, 0) is 0 Å². The molecule has 0 aromatic heterocycles. The molecule has 0 heterocycles. The number of nitrogens with zero attached hydrogens (tertiary/aromatic N) is 1. The topological polar surface area (TPSA) is 80.4 Å². The first-order chi connectivity index (χ1) is 4.36. The summed E-state index contributed by atoms with van der Waals surface area (Å²) in [6, 6.07) is 0. The zero-order chi connectivity index (χ0) is 8.36. The van der Waals surface area contributed by atoms with Crippen molar-refractivity contribution in [3.8, 4) is 0 Å². The molecule has 8 heavy (non-hydrogen) atoms. The molecule has 0 saturated heterocycles. The van der Waals surface area contributed by atoms with Gasteiger partial charge in [-0.2, -0.15) is 0 Å². The number of hydrogen-bond donors (Lipinski definition) is 1. The van der Waals surface area contributed by atoms with Crippen molar-refractivity contribution >= 4 is 5.97 Å². The maximum atomic E-state index is 9.88. The number of carboxylic acids is 1. The SMILES string of the molecule is [2H]C([2H])(C[N+](=O)[O-])[13C](=O)O. The molecule has 0 spiro atoms. The normalized spacial score (nSPS) is 14.0. The molecule has 0 aromatic rings. The number of nitro groups is 1. The highest BCUT2D eigenvalue weighted by Crippen LogP contribution is 1.77. The number of carboxylic acid groups (broad SMARTS) is 1. The molecule has 0 aliphatic rings. The Kier molecular flexibility index (Phi) is 1.41. The van der Waals surface area contributed by atoms with Gasteiger partial charge in [-0.15, -0.1) is 0 Å². The van der Waals surface area contributed by atoms with Crippen molar-refractivity contribution in [3.05, 3.63) is 10.1 Å². The molecule has 0 aliphatic carbocycles. The average molecular weight is 122 g/mol. The molecule has 0 aromatic carbocycles. The highest BCUT2D eigenvalue weighted by Gasteiger charge is 2.01. The Morgan fingerprint density at radius 3 is 2.62 bits per heavy atom. The van der Waals surface area contributed by atoms with Gasteiger partial charge >= 0.3 is 5.97 Å². The van der Waals surface area contributed by atoms with E-state index in [9.17, 15) is 14.9 Å². The second-order valence-corrected chi connectivity index (χ2v) is 0.973. The van der Waals surface area contributed by atoms with E-state index in [1.165, 1.54) is 0 Å². The monoisotopic (exact) mass is 122 g/mol. The van der Waals surface area contributed by atoms with Gasteiger partial charge in [-0.25, -0.2) is 0 Å². The lowest BCUT2D eigenvalue weighted by Crippen LogP contribution is -2.06. The van der Waals surface area contributed by atoms with E-state index in [4.69, 9.17) is 7.85 Å². The molecule has 0 unspecified atom stereocenters. The standard InChI is InChI=1S/C3H5NO4/c5-3(6)1-2-4(7)8/h1-2H2,(H,5,6)/i1D2,3+1. The van der Waals surface area contributed by atoms with E-state index in [1.807, 2.05) is 0 Å². The van der Waals surface area contributed by atoms with Crippen molar-refractivity contribution in [2.75, 3.05) is 6.54 Å². The highest BCUT2D eigenvalue weighted by molar-refractivity contribution is 5.66. The summed E-state index contributed by atoms with van der Waals surface area (Å²) < 4.78 is 13.1. The third kappa shape index (κ3) is 4.87. The Bertz CT molecular complexity index is 168. The molecule has 0 amide bonds. The van der Waals surface area contributed by atoms with E-state index in [2.05, 4.69) is 0 Å². The van der Waals surface area contributed by atoms with Gasteiger partial charge < -0.3 is 5.11 Å². The van der Waals surface area contributed by atoms with Crippen LogP contribution in [0.5, 0.6) is 0 Å². The molecule has 0 atom stereocenters. The number of aliphatic carboxylic acids is 1. The predicted molar refractivity (Wildman–Crippen MR) is 24.1 cm³/mol. The summed E-state index contributed by atoms with van der Waals surface area (Å²) in [6.07, 6.45) is -2.76. The molecule has 0 aliphatic heterocycles. The second kappa shape index (κ2) is 2.95. The Morgan fingerprint density at radius 1 is 2.00 bits per heavy atom. The van der Waals surface area contributed by atoms with E-state index in [0.29, 0.717) is 0 Å². The van der Waals surface area contributed by atoms with Crippen molar-refractivity contribution in [2.45, 2.75) is 6.37 Å². The molecule has 0 rings (SSSR count). The fourth-order valence-electron chi connectivity index (χ4n) is 0.132. The van der Waals surface area contributed by atoms with Crippen molar-refractivity contribution < 1.29 is 17.6 Å². The molecule has 0 radical (unpaired) electrons. The third-order valence-electron chi connectivity index (χ3n) is 0.359. The molecule has 0 saturated carbocycles. The molecule has 0 fully saturated rings. The van der Waals surface area contributed by atoms with Gasteiger partial charge in [0.2, 0.25) is 6.54 Å². The fourth-order valence-corrected chi connectivity index (χ4v) is 0.132. The molecule has 0 bridgehead atoms. The van der Waals surface area contributed by atoms with Crippen LogP contribution < -0.4 is 0 Å². The summed E-state index contributed by atoms with van der Waals surface area (Å²) in [4.78, 5) is 18.5. The third-order valence-corrected chi connectivity index (χ3v) is 0.359. The van der Waals surface area contributed by atoms with Gasteiger partial charge in [0.05, 0.1) is 0 Å². The van der Waals surface area contributed by atoms with Gasteiger partial charge in [0, 0.05) is 7.66 Å². The van der Waals surface area contributed by atoms with Crippen molar-refractivity contribution in [1.29, 1.82) is 0 Å². The lowest BCUT2D eigenvalue weighted by Gasteiger charge is -1.84. The van der Waals surface area contributed by atoms with E-state index >= 15 is 0 Å². The molecular weight excluding hydrogens is 115 g/mol. The van der Waals surface area contributed by atoms with Crippen LogP contribution >= 0.6 is 0 Å². The van der Waals surface area contributed by atoms with Crippen molar-refractivity contribution in [2.24, 2.45) is 0 Å². The number of carbonyl (C=O) groups is 1. The first kappa shape index (κ1) is 3.82. The van der Waals surface area contributed by atoms with Crippen LogP contribution in [0.1, 0.15) is 9.11 Å². The lowest BCUT2D eigenvalue weighted by atomic mass is 10.6. The first-order valence-electron chi connectivity index (χ1n) is 2.71. The summed E-state index contributed by atoms with van der Waals surface area (Å²) in [6.45, 7) is -1.21. The largest absolute Gasteiger partial charge is 0.481 e. The fraction of sp³-hybridized carbons (Fsp3) is 0.667. The zero-order valence-corrected chi connectivity index (χ0v) is 3.83. The highest BCUT2D eigenvalue weighted by atomic mass is 16.6. The number of hydrogen-bond acceptors (Lipinski definition) is 3. The van der Waals surface area contributed by atoms with Crippen LogP contribution in [-0.2, 0) is 4.79 Å². The van der Waals surface area contributed by atoms with E-state index in [-0.39, 0.29) is 0 Å². The van der Waals surface area contributed by atoms with Crippen LogP contribution in [0.15, 0.2) is 0 Å². The quantitative estimate of drug-likeness (QED) is 0.317. The van der Waals surface area contributed by atoms with Gasteiger partial charge in [-0.3, -0.25) is 14.9 Å². The van der Waals surface area contributed by atoms with Gasteiger partial charge in [0.1, 0.15) is 6.37 Å². The van der Waals surface area contributed by atoms with Crippen LogP contribution in [-0.4, -0.2) is 22.5 Å². The van der Waals surface area contributed by atoms with Crippen LogP contribution in [0.3, 0.4) is 0 Å². The first-order valence-corrected chi connectivity index (χ1v) is 1.71. The zero-order valence-electron chi connectivity index (χ0n) is 5.83.